The van der Waals surface area contributed by atoms with E-state index in [0.29, 0.717) is 24.0 Å². The molecule has 6 heteroatoms. The largest absolute Gasteiger partial charge is 0.327 e. The molecule has 0 aromatic rings. The number of nitriles is 1. The summed E-state index contributed by atoms with van der Waals surface area (Å²) < 4.78 is 31.7. The van der Waals surface area contributed by atoms with Crippen molar-refractivity contribution >= 4 is 10.1 Å². The monoisotopic (exact) mass is 233 g/mol. The fraction of sp³-hybridized carbons (Fsp3) is 0.889. The van der Waals surface area contributed by atoms with E-state index in [9.17, 15) is 8.42 Å². The summed E-state index contributed by atoms with van der Waals surface area (Å²) in [6.07, 6.45) is 0.668. The second-order valence-electron chi connectivity index (χ2n) is 4.83. The Bertz CT molecular complexity index is 369. The Kier molecular flexibility index (Phi) is 3.38. The van der Waals surface area contributed by atoms with Crippen LogP contribution in [0.3, 0.4) is 0 Å². The van der Waals surface area contributed by atoms with Crippen LogP contribution in [0.5, 0.6) is 0 Å². The molecule has 0 bridgehead atoms. The van der Waals surface area contributed by atoms with E-state index in [2.05, 4.69) is 6.07 Å². The second-order valence-corrected chi connectivity index (χ2v) is 6.53. The zero-order chi connectivity index (χ0) is 11.7. The van der Waals surface area contributed by atoms with Crippen LogP contribution in [0.4, 0.5) is 0 Å². The Hall–Kier alpha value is -0.640. The highest BCUT2D eigenvalue weighted by Crippen LogP contribution is 2.23. The fourth-order valence-corrected chi connectivity index (χ4v) is 2.93. The molecule has 0 aliphatic carbocycles. The number of quaternary nitrogens is 1. The molecular formula is C9H17N2O3S+. The van der Waals surface area contributed by atoms with Gasteiger partial charge < -0.3 is 4.48 Å². The zero-order valence-corrected chi connectivity index (χ0v) is 9.87. The van der Waals surface area contributed by atoms with E-state index in [-0.39, 0.29) is 12.3 Å². The molecule has 86 valence electrons. The van der Waals surface area contributed by atoms with Crippen molar-refractivity contribution in [3.05, 3.63) is 0 Å². The maximum Gasteiger partial charge on any atom is 0.268 e. The summed E-state index contributed by atoms with van der Waals surface area (Å²) in [4.78, 5) is 0. The standard InChI is InChI=1S/C9H16N2O3S/c1-11(2)4-3-9(15(12,13)14)5-8(6-10)7-11/h8-9H,3-5,7H2,1-2H3/p+1. The van der Waals surface area contributed by atoms with Gasteiger partial charge >= 0.3 is 0 Å². The van der Waals surface area contributed by atoms with Crippen LogP contribution in [0.2, 0.25) is 0 Å². The van der Waals surface area contributed by atoms with Crippen molar-refractivity contribution in [2.24, 2.45) is 5.92 Å². The molecule has 5 nitrogen and oxygen atoms in total. The van der Waals surface area contributed by atoms with E-state index in [1.807, 2.05) is 14.1 Å². The van der Waals surface area contributed by atoms with Crippen molar-refractivity contribution in [1.82, 2.24) is 0 Å². The van der Waals surface area contributed by atoms with Crippen LogP contribution in [0, 0.1) is 17.2 Å². The van der Waals surface area contributed by atoms with Crippen molar-refractivity contribution < 1.29 is 17.5 Å². The van der Waals surface area contributed by atoms with Gasteiger partial charge in [-0.2, -0.15) is 13.7 Å². The Morgan fingerprint density at radius 2 is 2.07 bits per heavy atom. The van der Waals surface area contributed by atoms with Gasteiger partial charge in [0.15, 0.2) is 0 Å². The first-order valence-electron chi connectivity index (χ1n) is 4.92. The summed E-state index contributed by atoms with van der Waals surface area (Å²) in [5, 5.41) is 8.12. The lowest BCUT2D eigenvalue weighted by atomic mass is 10.1. The third-order valence-electron chi connectivity index (χ3n) is 2.92. The van der Waals surface area contributed by atoms with E-state index < -0.39 is 15.4 Å². The minimum Gasteiger partial charge on any atom is -0.327 e. The first-order valence-corrected chi connectivity index (χ1v) is 6.43. The molecule has 1 aliphatic rings. The first-order chi connectivity index (χ1) is 6.74. The Morgan fingerprint density at radius 3 is 2.53 bits per heavy atom. The first kappa shape index (κ1) is 12.4. The predicted octanol–water partition coefficient (Wildman–Crippen LogP) is 0.253. The van der Waals surface area contributed by atoms with E-state index in [1.54, 1.807) is 0 Å². The highest BCUT2D eigenvalue weighted by Gasteiger charge is 2.35. The predicted molar refractivity (Wildman–Crippen MR) is 55.5 cm³/mol. The molecule has 0 aromatic carbocycles. The average Bonchev–Trinajstić information content (AvgIpc) is 2.22. The van der Waals surface area contributed by atoms with Gasteiger partial charge in [0.2, 0.25) is 0 Å². The summed E-state index contributed by atoms with van der Waals surface area (Å²) in [7, 11) is -0.0656. The number of nitrogens with zero attached hydrogens (tertiary/aromatic N) is 2. The fourth-order valence-electron chi connectivity index (χ4n) is 2.06. The molecule has 15 heavy (non-hydrogen) atoms. The molecule has 0 saturated carbocycles. The topological polar surface area (TPSA) is 78.2 Å². The van der Waals surface area contributed by atoms with Crippen LogP contribution in [-0.4, -0.2) is 49.9 Å². The molecule has 0 spiro atoms. The molecule has 1 rings (SSSR count). The summed E-state index contributed by atoms with van der Waals surface area (Å²) in [5.41, 5.74) is 0. The van der Waals surface area contributed by atoms with Crippen LogP contribution in [-0.2, 0) is 10.1 Å². The van der Waals surface area contributed by atoms with Gasteiger partial charge in [0.1, 0.15) is 0 Å². The van der Waals surface area contributed by atoms with Crippen LogP contribution in [0.1, 0.15) is 12.8 Å². The van der Waals surface area contributed by atoms with Crippen molar-refractivity contribution in [2.45, 2.75) is 18.1 Å². The molecular weight excluding hydrogens is 216 g/mol. The van der Waals surface area contributed by atoms with Gasteiger partial charge in [-0.3, -0.25) is 4.55 Å². The van der Waals surface area contributed by atoms with Crippen LogP contribution in [0.25, 0.3) is 0 Å². The van der Waals surface area contributed by atoms with E-state index in [0.717, 1.165) is 0 Å². The third-order valence-corrected chi connectivity index (χ3v) is 4.19. The normalized spacial score (nSPS) is 31.6. The molecule has 1 heterocycles. The van der Waals surface area contributed by atoms with Crippen LogP contribution >= 0.6 is 0 Å². The minimum absolute atomic E-state index is 0.247. The van der Waals surface area contributed by atoms with Crippen molar-refractivity contribution in [2.75, 3.05) is 27.2 Å². The van der Waals surface area contributed by atoms with Crippen molar-refractivity contribution in [1.29, 1.82) is 5.26 Å². The number of hydrogen-bond donors (Lipinski definition) is 1. The summed E-state index contributed by atoms with van der Waals surface area (Å²) in [5.74, 6) is -0.297. The quantitative estimate of drug-likeness (QED) is 0.520. The molecule has 2 unspecified atom stereocenters. The Morgan fingerprint density at radius 1 is 1.47 bits per heavy atom. The molecule has 1 fully saturated rings. The third kappa shape index (κ3) is 3.45. The number of hydrogen-bond acceptors (Lipinski definition) is 3. The van der Waals surface area contributed by atoms with Gasteiger partial charge in [0.05, 0.1) is 44.4 Å². The Labute approximate surface area is 90.6 Å². The van der Waals surface area contributed by atoms with Gasteiger partial charge in [0, 0.05) is 6.42 Å². The minimum atomic E-state index is -4.00. The van der Waals surface area contributed by atoms with Crippen molar-refractivity contribution in [3.63, 3.8) is 0 Å². The van der Waals surface area contributed by atoms with Crippen molar-refractivity contribution in [3.8, 4) is 6.07 Å². The zero-order valence-electron chi connectivity index (χ0n) is 9.05. The lowest BCUT2D eigenvalue weighted by Crippen LogP contribution is -2.42. The molecule has 1 N–H and O–H groups in total. The van der Waals surface area contributed by atoms with E-state index in [1.165, 1.54) is 0 Å². The number of rotatable bonds is 1. The lowest BCUT2D eigenvalue weighted by molar-refractivity contribution is -0.891. The molecule has 1 saturated heterocycles. The summed E-state index contributed by atoms with van der Waals surface area (Å²) >= 11 is 0. The van der Waals surface area contributed by atoms with Gasteiger partial charge in [0.25, 0.3) is 10.1 Å². The number of likely N-dealkylation sites (tertiary alicyclic amines) is 1. The molecule has 2 atom stereocenters. The van der Waals surface area contributed by atoms with Gasteiger partial charge in [-0.15, -0.1) is 0 Å². The summed E-state index contributed by atoms with van der Waals surface area (Å²) in [6.45, 7) is 1.31. The molecule has 0 amide bonds. The van der Waals surface area contributed by atoms with E-state index in [4.69, 9.17) is 9.81 Å². The molecule has 0 aromatic heterocycles. The van der Waals surface area contributed by atoms with Gasteiger partial charge in [-0.05, 0) is 6.42 Å². The summed E-state index contributed by atoms with van der Waals surface area (Å²) in [6, 6.07) is 2.11. The highest BCUT2D eigenvalue weighted by atomic mass is 32.2. The molecule has 1 aliphatic heterocycles. The average molecular weight is 233 g/mol. The Balaban J connectivity index is 2.88. The maximum atomic E-state index is 11.1. The lowest BCUT2D eigenvalue weighted by Gasteiger charge is -2.28. The smallest absolute Gasteiger partial charge is 0.268 e. The van der Waals surface area contributed by atoms with Gasteiger partial charge in [-0.25, -0.2) is 0 Å². The SMILES string of the molecule is C[N+]1(C)CCC(S(=O)(=O)O)CC(C#N)C1. The van der Waals surface area contributed by atoms with Gasteiger partial charge in [-0.1, -0.05) is 0 Å². The van der Waals surface area contributed by atoms with E-state index >= 15 is 0 Å². The van der Waals surface area contributed by atoms with Crippen LogP contribution < -0.4 is 0 Å². The molecule has 0 radical (unpaired) electrons. The maximum absolute atomic E-state index is 11.1. The second kappa shape index (κ2) is 4.08. The highest BCUT2D eigenvalue weighted by molar-refractivity contribution is 7.86. The van der Waals surface area contributed by atoms with Crippen LogP contribution in [0.15, 0.2) is 0 Å².